The number of H-pyrrole nitrogens is 1. The number of aromatic nitrogens is 2. The summed E-state index contributed by atoms with van der Waals surface area (Å²) in [7, 11) is 0. The minimum Gasteiger partial charge on any atom is -0.478 e. The summed E-state index contributed by atoms with van der Waals surface area (Å²) >= 11 is 0. The van der Waals surface area contributed by atoms with Crippen molar-refractivity contribution in [3.63, 3.8) is 0 Å². The number of hydrogen-bond acceptors (Lipinski definition) is 2. The van der Waals surface area contributed by atoms with Crippen molar-refractivity contribution in [3.05, 3.63) is 81.5 Å². The number of rotatable bonds is 10. The molecule has 3 aromatic rings. The second-order valence-electron chi connectivity index (χ2n) is 8.52. The first kappa shape index (κ1) is 22.6. The van der Waals surface area contributed by atoms with Crippen LogP contribution in [0, 0.1) is 5.92 Å². The predicted octanol–water partition coefficient (Wildman–Crippen LogP) is 5.52. The molecule has 1 aromatic heterocycles. The molecule has 0 saturated heterocycles. The molecule has 2 N–H and O–H groups in total. The van der Waals surface area contributed by atoms with Gasteiger partial charge in [0.15, 0.2) is 0 Å². The van der Waals surface area contributed by atoms with Gasteiger partial charge < -0.3 is 10.1 Å². The van der Waals surface area contributed by atoms with Crippen molar-refractivity contribution >= 4 is 5.97 Å². The number of aromatic amines is 1. The van der Waals surface area contributed by atoms with Gasteiger partial charge in [-0.2, -0.15) is 0 Å². The zero-order chi connectivity index (χ0) is 22.4. The van der Waals surface area contributed by atoms with E-state index in [1.165, 1.54) is 0 Å². The summed E-state index contributed by atoms with van der Waals surface area (Å²) in [5.41, 5.74) is 5.07. The third-order valence-corrected chi connectivity index (χ3v) is 5.68. The van der Waals surface area contributed by atoms with Crippen LogP contribution in [0.4, 0.5) is 0 Å². The molecule has 0 amide bonds. The van der Waals surface area contributed by atoms with E-state index < -0.39 is 5.97 Å². The zero-order valence-corrected chi connectivity index (χ0v) is 18.6. The molecule has 164 valence electrons. The number of carbonyl (C=O) groups is 1. The molecule has 0 spiro atoms. The van der Waals surface area contributed by atoms with E-state index in [0.29, 0.717) is 23.5 Å². The van der Waals surface area contributed by atoms with Gasteiger partial charge in [-0.25, -0.2) is 9.59 Å². The highest BCUT2D eigenvalue weighted by Crippen LogP contribution is 2.25. The van der Waals surface area contributed by atoms with Gasteiger partial charge in [0.25, 0.3) is 0 Å². The molecule has 31 heavy (non-hydrogen) atoms. The van der Waals surface area contributed by atoms with E-state index in [-0.39, 0.29) is 5.69 Å². The Morgan fingerprint density at radius 2 is 1.81 bits per heavy atom. The normalized spacial score (nSPS) is 11.2. The summed E-state index contributed by atoms with van der Waals surface area (Å²) in [5, 5.41) is 9.46. The fourth-order valence-corrected chi connectivity index (χ4v) is 3.86. The lowest BCUT2D eigenvalue weighted by Crippen LogP contribution is -2.20. The van der Waals surface area contributed by atoms with Crippen LogP contribution in [0.2, 0.25) is 0 Å². The average Bonchev–Trinajstić information content (AvgIpc) is 3.05. The molecule has 0 aliphatic heterocycles. The molecule has 2 aromatic carbocycles. The highest BCUT2D eigenvalue weighted by Gasteiger charge is 2.15. The monoisotopic (exact) mass is 420 g/mol. The Labute approximate surface area is 183 Å². The number of aryl methyl sites for hydroxylation is 1. The Kier molecular flexibility index (Phi) is 7.50. The Bertz CT molecular complexity index is 1070. The molecule has 3 rings (SSSR count). The molecule has 0 bridgehead atoms. The van der Waals surface area contributed by atoms with E-state index >= 15 is 0 Å². The van der Waals surface area contributed by atoms with Crippen LogP contribution >= 0.6 is 0 Å². The lowest BCUT2D eigenvalue weighted by atomic mass is 9.97. The summed E-state index contributed by atoms with van der Waals surface area (Å²) in [6.07, 6.45) is 4.64. The zero-order valence-electron chi connectivity index (χ0n) is 18.6. The quantitative estimate of drug-likeness (QED) is 0.453. The molecule has 1 heterocycles. The Morgan fingerprint density at radius 1 is 1.10 bits per heavy atom. The molecule has 5 nitrogen and oxygen atoms in total. The molecule has 0 radical (unpaired) electrons. The van der Waals surface area contributed by atoms with E-state index in [4.69, 9.17) is 0 Å². The van der Waals surface area contributed by atoms with Crippen LogP contribution in [0.1, 0.15) is 67.3 Å². The van der Waals surface area contributed by atoms with Gasteiger partial charge in [-0.1, -0.05) is 69.7 Å². The fourth-order valence-electron chi connectivity index (χ4n) is 3.86. The molecule has 0 saturated carbocycles. The van der Waals surface area contributed by atoms with Crippen LogP contribution in [0.5, 0.6) is 0 Å². The van der Waals surface area contributed by atoms with Crippen molar-refractivity contribution in [2.75, 3.05) is 0 Å². The molecule has 0 atom stereocenters. The molecule has 0 aliphatic rings. The number of unbranched alkanes of at least 4 members (excludes halogenated alkanes) is 1. The first-order valence-electron chi connectivity index (χ1n) is 11.1. The summed E-state index contributed by atoms with van der Waals surface area (Å²) in [4.78, 5) is 27.3. The van der Waals surface area contributed by atoms with Crippen molar-refractivity contribution in [1.82, 2.24) is 9.55 Å². The summed E-state index contributed by atoms with van der Waals surface area (Å²) in [5.74, 6) is -0.399. The van der Waals surface area contributed by atoms with Gasteiger partial charge in [-0.05, 0) is 47.9 Å². The summed E-state index contributed by atoms with van der Waals surface area (Å²) < 4.78 is 1.90. The van der Waals surface area contributed by atoms with Crippen LogP contribution in [-0.4, -0.2) is 20.6 Å². The van der Waals surface area contributed by atoms with Gasteiger partial charge in [0.1, 0.15) is 0 Å². The molecule has 5 heteroatoms. The van der Waals surface area contributed by atoms with Crippen LogP contribution in [0.15, 0.2) is 53.3 Å². The molecule has 0 fully saturated rings. The van der Waals surface area contributed by atoms with E-state index in [0.717, 1.165) is 54.7 Å². The van der Waals surface area contributed by atoms with Crippen molar-refractivity contribution in [2.45, 2.75) is 59.4 Å². The van der Waals surface area contributed by atoms with E-state index in [2.05, 4.69) is 25.8 Å². The predicted molar refractivity (Wildman–Crippen MR) is 125 cm³/mol. The minimum absolute atomic E-state index is 0.0197. The third-order valence-electron chi connectivity index (χ3n) is 5.68. The second-order valence-corrected chi connectivity index (χ2v) is 8.52. The summed E-state index contributed by atoms with van der Waals surface area (Å²) in [6, 6.07) is 15.0. The standard InChI is InChI=1S/C26H32N2O3/c1-4-5-10-23-24(28(26(31)27-23)16-15-18(2)3)17-19-11-13-20(14-12-19)21-8-6-7-9-22(21)25(29)30/h6-9,11-14,18H,4-5,10,15-17H2,1-3H3,(H,27,31)(H,29,30). The number of benzene rings is 2. The van der Waals surface area contributed by atoms with Crippen LogP contribution in [0.3, 0.4) is 0 Å². The van der Waals surface area contributed by atoms with Gasteiger partial charge in [0, 0.05) is 24.4 Å². The lowest BCUT2D eigenvalue weighted by molar-refractivity contribution is 0.0697. The Morgan fingerprint density at radius 3 is 2.45 bits per heavy atom. The number of hydrogen-bond donors (Lipinski definition) is 2. The van der Waals surface area contributed by atoms with Gasteiger partial charge >= 0.3 is 11.7 Å². The van der Waals surface area contributed by atoms with Crippen LogP contribution in [-0.2, 0) is 19.4 Å². The number of nitrogens with one attached hydrogen (secondary N) is 1. The van der Waals surface area contributed by atoms with Crippen LogP contribution < -0.4 is 5.69 Å². The van der Waals surface area contributed by atoms with Gasteiger partial charge in [-0.15, -0.1) is 0 Å². The van der Waals surface area contributed by atoms with E-state index in [1.54, 1.807) is 12.1 Å². The lowest BCUT2D eigenvalue weighted by Gasteiger charge is -2.12. The van der Waals surface area contributed by atoms with Gasteiger partial charge in [-0.3, -0.25) is 4.57 Å². The van der Waals surface area contributed by atoms with Crippen molar-refractivity contribution < 1.29 is 9.90 Å². The molecule has 0 unspecified atom stereocenters. The third kappa shape index (κ3) is 5.54. The first-order valence-corrected chi connectivity index (χ1v) is 11.1. The Balaban J connectivity index is 1.90. The number of carboxylic acids is 1. The smallest absolute Gasteiger partial charge is 0.336 e. The maximum absolute atomic E-state index is 12.6. The van der Waals surface area contributed by atoms with E-state index in [9.17, 15) is 14.7 Å². The van der Waals surface area contributed by atoms with E-state index in [1.807, 2.05) is 41.0 Å². The molecular formula is C26H32N2O3. The highest BCUT2D eigenvalue weighted by atomic mass is 16.4. The van der Waals surface area contributed by atoms with Crippen molar-refractivity contribution in [1.29, 1.82) is 0 Å². The summed E-state index contributed by atoms with van der Waals surface area (Å²) in [6.45, 7) is 7.21. The number of imidazole rings is 1. The minimum atomic E-state index is -0.929. The maximum Gasteiger partial charge on any atom is 0.336 e. The highest BCUT2D eigenvalue weighted by molar-refractivity contribution is 5.95. The van der Waals surface area contributed by atoms with Gasteiger partial charge in [0.2, 0.25) is 0 Å². The second kappa shape index (κ2) is 10.3. The largest absolute Gasteiger partial charge is 0.478 e. The SMILES string of the molecule is CCCCc1[nH]c(=O)n(CCC(C)C)c1Cc1ccc(-c2ccccc2C(=O)O)cc1. The topological polar surface area (TPSA) is 75.1 Å². The fraction of sp³-hybridized carbons (Fsp3) is 0.385. The van der Waals surface area contributed by atoms with Crippen molar-refractivity contribution in [2.24, 2.45) is 5.92 Å². The van der Waals surface area contributed by atoms with Gasteiger partial charge in [0.05, 0.1) is 5.56 Å². The first-order chi connectivity index (χ1) is 14.9. The van der Waals surface area contributed by atoms with Crippen molar-refractivity contribution in [3.8, 4) is 11.1 Å². The van der Waals surface area contributed by atoms with Crippen LogP contribution in [0.25, 0.3) is 11.1 Å². The molecule has 0 aliphatic carbocycles. The maximum atomic E-state index is 12.6. The number of nitrogens with zero attached hydrogens (tertiary/aromatic N) is 1. The Hall–Kier alpha value is -3.08. The number of aromatic carboxylic acids is 1. The molecular weight excluding hydrogens is 388 g/mol. The number of carboxylic acid groups (broad SMARTS) is 1. The average molecular weight is 421 g/mol.